The van der Waals surface area contributed by atoms with Crippen LogP contribution in [-0.2, 0) is 10.0 Å². The molecule has 1 unspecified atom stereocenters. The highest BCUT2D eigenvalue weighted by molar-refractivity contribution is 7.89. The number of ether oxygens (including phenoxy) is 2. The van der Waals surface area contributed by atoms with Crippen LogP contribution in [0, 0.1) is 0 Å². The van der Waals surface area contributed by atoms with E-state index in [0.717, 1.165) is 25.7 Å². The van der Waals surface area contributed by atoms with Crippen LogP contribution in [0.5, 0.6) is 11.5 Å². The van der Waals surface area contributed by atoms with Crippen LogP contribution in [0.25, 0.3) is 0 Å². The molecule has 0 radical (unpaired) electrons. The maximum atomic E-state index is 13.1. The average molecular weight is 459 g/mol. The van der Waals surface area contributed by atoms with E-state index in [4.69, 9.17) is 9.47 Å². The summed E-state index contributed by atoms with van der Waals surface area (Å²) in [6, 6.07) is 13.8. The Hall–Kier alpha value is -2.58. The number of rotatable bonds is 6. The Kier molecular flexibility index (Phi) is 7.01. The summed E-state index contributed by atoms with van der Waals surface area (Å²) in [5, 5.41) is 0. The van der Waals surface area contributed by atoms with Gasteiger partial charge in [0.2, 0.25) is 10.0 Å². The highest BCUT2D eigenvalue weighted by atomic mass is 32.2. The van der Waals surface area contributed by atoms with E-state index in [-0.39, 0.29) is 16.9 Å². The number of likely N-dealkylation sites (N-methyl/N-ethyl adjacent to an activating group) is 1. The molecule has 0 spiro atoms. The van der Waals surface area contributed by atoms with Crippen LogP contribution in [0.2, 0.25) is 0 Å². The molecule has 2 aromatic carbocycles. The molecule has 2 aliphatic rings. The third-order valence-corrected chi connectivity index (χ3v) is 7.88. The summed E-state index contributed by atoms with van der Waals surface area (Å²) >= 11 is 0. The van der Waals surface area contributed by atoms with Crippen molar-refractivity contribution in [2.75, 3.05) is 32.8 Å². The lowest BCUT2D eigenvalue weighted by molar-refractivity contribution is 0.0475. The molecule has 1 saturated heterocycles. The van der Waals surface area contributed by atoms with E-state index >= 15 is 0 Å². The zero-order valence-electron chi connectivity index (χ0n) is 18.4. The minimum atomic E-state index is -3.53. The van der Waals surface area contributed by atoms with Crippen LogP contribution < -0.4 is 9.47 Å². The normalized spacial score (nSPS) is 19.2. The van der Waals surface area contributed by atoms with Crippen LogP contribution in [0.4, 0.5) is 0 Å². The molecule has 2 heterocycles. The van der Waals surface area contributed by atoms with E-state index in [0.29, 0.717) is 49.8 Å². The summed E-state index contributed by atoms with van der Waals surface area (Å²) < 4.78 is 39.3. The predicted octanol–water partition coefficient (Wildman–Crippen LogP) is 3.55. The van der Waals surface area contributed by atoms with Crippen molar-refractivity contribution in [3.05, 3.63) is 54.1 Å². The van der Waals surface area contributed by atoms with Gasteiger partial charge < -0.3 is 14.4 Å². The van der Waals surface area contributed by atoms with E-state index < -0.39 is 10.0 Å². The molecular formula is C24H30N2O5S. The number of benzene rings is 2. The van der Waals surface area contributed by atoms with Gasteiger partial charge in [-0.15, -0.1) is 0 Å². The number of hydrogen-bond donors (Lipinski definition) is 0. The van der Waals surface area contributed by atoms with E-state index in [2.05, 4.69) is 0 Å². The fraction of sp³-hybridized carbons (Fsp3) is 0.458. The van der Waals surface area contributed by atoms with Crippen molar-refractivity contribution < 1.29 is 22.7 Å². The Balaban J connectivity index is 1.43. The van der Waals surface area contributed by atoms with Gasteiger partial charge in [0.05, 0.1) is 11.4 Å². The van der Waals surface area contributed by atoms with Gasteiger partial charge in [-0.25, -0.2) is 8.42 Å². The Bertz CT molecular complexity index is 1030. The van der Waals surface area contributed by atoms with Crippen molar-refractivity contribution in [3.8, 4) is 11.5 Å². The van der Waals surface area contributed by atoms with Gasteiger partial charge in [-0.1, -0.05) is 25.0 Å². The van der Waals surface area contributed by atoms with Gasteiger partial charge in [-0.3, -0.25) is 4.79 Å². The van der Waals surface area contributed by atoms with Crippen molar-refractivity contribution in [3.63, 3.8) is 0 Å². The molecule has 0 saturated carbocycles. The fourth-order valence-corrected chi connectivity index (χ4v) is 5.65. The molecule has 32 heavy (non-hydrogen) atoms. The number of hydrogen-bond acceptors (Lipinski definition) is 5. The van der Waals surface area contributed by atoms with E-state index in [1.54, 1.807) is 21.3 Å². The lowest BCUT2D eigenvalue weighted by Gasteiger charge is -2.31. The molecular weight excluding hydrogens is 428 g/mol. The highest BCUT2D eigenvalue weighted by Gasteiger charge is 2.27. The Labute approximate surface area is 190 Å². The number of amides is 1. The van der Waals surface area contributed by atoms with Crippen molar-refractivity contribution in [2.45, 2.75) is 43.6 Å². The predicted molar refractivity (Wildman–Crippen MR) is 122 cm³/mol. The molecule has 1 amide bonds. The summed E-state index contributed by atoms with van der Waals surface area (Å²) in [4.78, 5) is 15.0. The van der Waals surface area contributed by atoms with Gasteiger partial charge in [-0.2, -0.15) is 4.31 Å². The number of nitrogens with zero attached hydrogens (tertiary/aromatic N) is 2. The first-order chi connectivity index (χ1) is 15.5. The monoisotopic (exact) mass is 458 g/mol. The van der Waals surface area contributed by atoms with Crippen LogP contribution in [0.3, 0.4) is 0 Å². The summed E-state index contributed by atoms with van der Waals surface area (Å²) in [5.41, 5.74) is 0.457. The van der Waals surface area contributed by atoms with Crippen LogP contribution in [0.15, 0.2) is 53.4 Å². The van der Waals surface area contributed by atoms with Gasteiger partial charge in [0.15, 0.2) is 17.6 Å². The van der Waals surface area contributed by atoms with E-state index in [9.17, 15) is 13.2 Å². The van der Waals surface area contributed by atoms with Gasteiger partial charge in [0.1, 0.15) is 6.61 Å². The number of sulfonamides is 1. The van der Waals surface area contributed by atoms with Crippen molar-refractivity contribution in [1.82, 2.24) is 9.21 Å². The van der Waals surface area contributed by atoms with Gasteiger partial charge in [0, 0.05) is 25.2 Å². The molecule has 172 valence electrons. The quantitative estimate of drug-likeness (QED) is 0.662. The van der Waals surface area contributed by atoms with Crippen molar-refractivity contribution in [1.29, 1.82) is 0 Å². The number of carbonyl (C=O) groups excluding carboxylic acids is 1. The number of carbonyl (C=O) groups is 1. The van der Waals surface area contributed by atoms with Crippen molar-refractivity contribution >= 4 is 15.9 Å². The summed E-state index contributed by atoms with van der Waals surface area (Å²) in [6.45, 7) is 4.28. The van der Waals surface area contributed by atoms with Gasteiger partial charge in [-0.05, 0) is 56.2 Å². The third kappa shape index (κ3) is 4.91. The minimum absolute atomic E-state index is 0.159. The molecule has 0 bridgehead atoms. The summed E-state index contributed by atoms with van der Waals surface area (Å²) in [7, 11) is -3.53. The molecule has 1 fully saturated rings. The van der Waals surface area contributed by atoms with E-state index in [1.165, 1.54) is 12.1 Å². The molecule has 2 aliphatic heterocycles. The molecule has 0 aromatic heterocycles. The number of fused-ring (bicyclic) bond motifs is 1. The van der Waals surface area contributed by atoms with Crippen molar-refractivity contribution in [2.24, 2.45) is 0 Å². The maximum absolute atomic E-state index is 13.1. The maximum Gasteiger partial charge on any atom is 0.253 e. The first-order valence-corrected chi connectivity index (χ1v) is 12.7. The zero-order chi connectivity index (χ0) is 22.6. The second-order valence-corrected chi connectivity index (χ2v) is 10.1. The fourth-order valence-electron chi connectivity index (χ4n) is 4.14. The number of para-hydroxylation sites is 2. The second-order valence-electron chi connectivity index (χ2n) is 8.18. The SMILES string of the molecule is CCN(CC1COc2ccccc2O1)C(=O)c1ccc(S(=O)(=O)N2CCCCCC2)cc1. The topological polar surface area (TPSA) is 76.1 Å². The van der Waals surface area contributed by atoms with Crippen LogP contribution in [0.1, 0.15) is 43.0 Å². The Morgan fingerprint density at radius 2 is 1.66 bits per heavy atom. The third-order valence-electron chi connectivity index (χ3n) is 5.96. The highest BCUT2D eigenvalue weighted by Crippen LogP contribution is 2.31. The molecule has 2 aromatic rings. The lowest BCUT2D eigenvalue weighted by atomic mass is 10.2. The molecule has 4 rings (SSSR count). The van der Waals surface area contributed by atoms with Gasteiger partial charge >= 0.3 is 0 Å². The first kappa shape index (κ1) is 22.6. The second kappa shape index (κ2) is 9.92. The summed E-state index contributed by atoms with van der Waals surface area (Å²) in [6.07, 6.45) is 3.63. The molecule has 0 aliphatic carbocycles. The zero-order valence-corrected chi connectivity index (χ0v) is 19.2. The van der Waals surface area contributed by atoms with Crippen LogP contribution >= 0.6 is 0 Å². The standard InChI is InChI=1S/C24H30N2O5S/c1-2-25(17-20-18-30-22-9-5-6-10-23(22)31-20)24(27)19-11-13-21(14-12-19)32(28,29)26-15-7-3-4-8-16-26/h5-6,9-14,20H,2-4,7-8,15-18H2,1H3. The molecule has 8 heteroatoms. The molecule has 7 nitrogen and oxygen atoms in total. The average Bonchev–Trinajstić information content (AvgIpc) is 3.12. The van der Waals surface area contributed by atoms with Gasteiger partial charge in [0.25, 0.3) is 5.91 Å². The Morgan fingerprint density at radius 1 is 1.00 bits per heavy atom. The van der Waals surface area contributed by atoms with E-state index in [1.807, 2.05) is 31.2 Å². The van der Waals surface area contributed by atoms with Crippen LogP contribution in [-0.4, -0.2) is 62.4 Å². The summed E-state index contributed by atoms with van der Waals surface area (Å²) in [5.74, 6) is 1.23. The molecule has 0 N–H and O–H groups in total. The smallest absolute Gasteiger partial charge is 0.253 e. The first-order valence-electron chi connectivity index (χ1n) is 11.3. The molecule has 1 atom stereocenters. The largest absolute Gasteiger partial charge is 0.486 e. The minimum Gasteiger partial charge on any atom is -0.486 e. The lowest BCUT2D eigenvalue weighted by Crippen LogP contribution is -2.43. The Morgan fingerprint density at radius 3 is 2.31 bits per heavy atom.